The second-order valence-corrected chi connectivity index (χ2v) is 5.13. The van der Waals surface area contributed by atoms with Crippen LogP contribution >= 0.6 is 0 Å². The van der Waals surface area contributed by atoms with E-state index in [1.165, 1.54) is 11.1 Å². The van der Waals surface area contributed by atoms with E-state index in [9.17, 15) is 4.79 Å². The summed E-state index contributed by atoms with van der Waals surface area (Å²) >= 11 is 0. The van der Waals surface area contributed by atoms with Crippen molar-refractivity contribution in [3.63, 3.8) is 0 Å². The molecule has 0 heterocycles. The zero-order valence-corrected chi connectivity index (χ0v) is 10.4. The van der Waals surface area contributed by atoms with Crippen LogP contribution in [0, 0.1) is 0 Å². The Bertz CT molecular complexity index is 448. The summed E-state index contributed by atoms with van der Waals surface area (Å²) in [6.45, 7) is 0. The van der Waals surface area contributed by atoms with Gasteiger partial charge in [-0.05, 0) is 36.8 Å². The molecule has 3 nitrogen and oxygen atoms in total. The number of carbonyl (C=O) groups excluding carboxylic acids is 1. The fourth-order valence-corrected chi connectivity index (χ4v) is 2.81. The molecule has 3 rings (SSSR count). The Labute approximate surface area is 107 Å². The predicted molar refractivity (Wildman–Crippen MR) is 71.5 cm³/mol. The van der Waals surface area contributed by atoms with Gasteiger partial charge in [0.25, 0.3) is 0 Å². The predicted octanol–water partition coefficient (Wildman–Crippen LogP) is 2.17. The molecule has 0 aromatic heterocycles. The lowest BCUT2D eigenvalue weighted by Crippen LogP contribution is -2.45. The number of rotatable bonds is 2. The first-order chi connectivity index (χ1) is 8.81. The second-order valence-electron chi connectivity index (χ2n) is 5.13. The molecule has 3 heteroatoms. The molecule has 1 aromatic carbocycles. The first-order valence-corrected chi connectivity index (χ1v) is 6.60. The molecule has 2 aliphatic carbocycles. The molecule has 0 saturated heterocycles. The molecule has 94 valence electrons. The van der Waals surface area contributed by atoms with E-state index in [1.807, 2.05) is 0 Å². The van der Waals surface area contributed by atoms with Gasteiger partial charge in [0.2, 0.25) is 0 Å². The van der Waals surface area contributed by atoms with E-state index in [-0.39, 0.29) is 18.1 Å². The molecular formula is C15H18N2O. The van der Waals surface area contributed by atoms with Gasteiger partial charge in [0.15, 0.2) is 0 Å². The fraction of sp³-hybridized carbons (Fsp3) is 0.400. The van der Waals surface area contributed by atoms with Gasteiger partial charge in [0.1, 0.15) is 0 Å². The number of hydrogen-bond donors (Lipinski definition) is 2. The van der Waals surface area contributed by atoms with Crippen LogP contribution in [-0.2, 0) is 12.8 Å². The van der Waals surface area contributed by atoms with Crippen LogP contribution in [0.15, 0.2) is 36.4 Å². The van der Waals surface area contributed by atoms with E-state index in [0.29, 0.717) is 0 Å². The number of nitrogens with one attached hydrogen (secondary N) is 2. The van der Waals surface area contributed by atoms with E-state index in [1.54, 1.807) is 0 Å². The third-order valence-electron chi connectivity index (χ3n) is 3.73. The van der Waals surface area contributed by atoms with Crippen molar-refractivity contribution in [1.82, 2.24) is 10.6 Å². The number of amides is 2. The van der Waals surface area contributed by atoms with Gasteiger partial charge in [-0.15, -0.1) is 0 Å². The van der Waals surface area contributed by atoms with E-state index >= 15 is 0 Å². The first-order valence-electron chi connectivity index (χ1n) is 6.60. The van der Waals surface area contributed by atoms with Crippen molar-refractivity contribution in [2.75, 3.05) is 0 Å². The van der Waals surface area contributed by atoms with Gasteiger partial charge in [-0.2, -0.15) is 0 Å². The van der Waals surface area contributed by atoms with Crippen molar-refractivity contribution in [3.8, 4) is 0 Å². The van der Waals surface area contributed by atoms with Crippen LogP contribution in [0.1, 0.15) is 24.0 Å². The maximum absolute atomic E-state index is 11.9. The van der Waals surface area contributed by atoms with Crippen LogP contribution in [0.3, 0.4) is 0 Å². The summed E-state index contributed by atoms with van der Waals surface area (Å²) in [4.78, 5) is 11.9. The summed E-state index contributed by atoms with van der Waals surface area (Å²) in [5.41, 5.74) is 2.73. The minimum atomic E-state index is -0.0264. The van der Waals surface area contributed by atoms with Crippen LogP contribution in [0.2, 0.25) is 0 Å². The van der Waals surface area contributed by atoms with Crippen molar-refractivity contribution < 1.29 is 4.79 Å². The summed E-state index contributed by atoms with van der Waals surface area (Å²) in [7, 11) is 0. The summed E-state index contributed by atoms with van der Waals surface area (Å²) < 4.78 is 0. The SMILES string of the molecule is O=C(NC1CC=CC1)NC1Cc2ccccc2C1. The average Bonchev–Trinajstić information content (AvgIpc) is 2.96. The smallest absolute Gasteiger partial charge is 0.315 e. The molecule has 18 heavy (non-hydrogen) atoms. The molecule has 0 fully saturated rings. The van der Waals surface area contributed by atoms with Gasteiger partial charge in [-0.25, -0.2) is 4.79 Å². The Morgan fingerprint density at radius 1 is 0.944 bits per heavy atom. The van der Waals surface area contributed by atoms with Gasteiger partial charge >= 0.3 is 6.03 Å². The van der Waals surface area contributed by atoms with E-state index in [2.05, 4.69) is 47.1 Å². The number of benzene rings is 1. The highest BCUT2D eigenvalue weighted by atomic mass is 16.2. The topological polar surface area (TPSA) is 41.1 Å². The van der Waals surface area contributed by atoms with Gasteiger partial charge in [0, 0.05) is 12.1 Å². The Hall–Kier alpha value is -1.77. The number of carbonyl (C=O) groups is 1. The highest BCUT2D eigenvalue weighted by molar-refractivity contribution is 5.75. The molecule has 0 unspecified atom stereocenters. The molecule has 0 bridgehead atoms. The Kier molecular flexibility index (Phi) is 3.05. The molecule has 2 amide bonds. The van der Waals surface area contributed by atoms with E-state index in [0.717, 1.165) is 25.7 Å². The van der Waals surface area contributed by atoms with Crippen LogP contribution in [0.4, 0.5) is 4.79 Å². The molecule has 2 aliphatic rings. The fourth-order valence-electron chi connectivity index (χ4n) is 2.81. The quantitative estimate of drug-likeness (QED) is 0.767. The second kappa shape index (κ2) is 4.84. The lowest BCUT2D eigenvalue weighted by Gasteiger charge is -2.16. The molecule has 2 N–H and O–H groups in total. The highest BCUT2D eigenvalue weighted by Crippen LogP contribution is 2.21. The average molecular weight is 242 g/mol. The maximum Gasteiger partial charge on any atom is 0.315 e. The zero-order chi connectivity index (χ0) is 12.4. The van der Waals surface area contributed by atoms with Crippen molar-refractivity contribution >= 4 is 6.03 Å². The molecule has 0 saturated carbocycles. The van der Waals surface area contributed by atoms with Crippen molar-refractivity contribution in [3.05, 3.63) is 47.5 Å². The summed E-state index contributed by atoms with van der Waals surface area (Å²) in [6.07, 6.45) is 8.06. The summed E-state index contributed by atoms with van der Waals surface area (Å²) in [5.74, 6) is 0. The third-order valence-corrected chi connectivity index (χ3v) is 3.73. The maximum atomic E-state index is 11.9. The third kappa shape index (κ3) is 2.40. The Morgan fingerprint density at radius 3 is 2.11 bits per heavy atom. The van der Waals surface area contributed by atoms with E-state index in [4.69, 9.17) is 0 Å². The lowest BCUT2D eigenvalue weighted by molar-refractivity contribution is 0.234. The summed E-state index contributed by atoms with van der Waals surface area (Å²) in [6, 6.07) is 8.93. The number of hydrogen-bond acceptors (Lipinski definition) is 1. The van der Waals surface area contributed by atoms with Crippen LogP contribution in [0.5, 0.6) is 0 Å². The van der Waals surface area contributed by atoms with Crippen LogP contribution in [0.25, 0.3) is 0 Å². The lowest BCUT2D eigenvalue weighted by atomic mass is 10.1. The Morgan fingerprint density at radius 2 is 1.50 bits per heavy atom. The van der Waals surface area contributed by atoms with Gasteiger partial charge in [0.05, 0.1) is 0 Å². The van der Waals surface area contributed by atoms with E-state index < -0.39 is 0 Å². The van der Waals surface area contributed by atoms with Gasteiger partial charge in [-0.3, -0.25) is 0 Å². The molecule has 0 aliphatic heterocycles. The van der Waals surface area contributed by atoms with Crippen LogP contribution in [-0.4, -0.2) is 18.1 Å². The van der Waals surface area contributed by atoms with Gasteiger partial charge in [-0.1, -0.05) is 36.4 Å². The van der Waals surface area contributed by atoms with Crippen molar-refractivity contribution in [1.29, 1.82) is 0 Å². The molecule has 0 spiro atoms. The summed E-state index contributed by atoms with van der Waals surface area (Å²) in [5, 5.41) is 6.09. The standard InChI is InChI=1S/C15H18N2O/c18-15(16-13-7-3-4-8-13)17-14-9-11-5-1-2-6-12(11)10-14/h1-6,13-14H,7-10H2,(H2,16,17,18). The van der Waals surface area contributed by atoms with Gasteiger partial charge < -0.3 is 10.6 Å². The minimum absolute atomic E-state index is 0.0264. The number of fused-ring (bicyclic) bond motifs is 1. The monoisotopic (exact) mass is 242 g/mol. The number of urea groups is 1. The largest absolute Gasteiger partial charge is 0.335 e. The molecular weight excluding hydrogens is 224 g/mol. The highest BCUT2D eigenvalue weighted by Gasteiger charge is 2.23. The molecule has 0 atom stereocenters. The molecule has 0 radical (unpaired) electrons. The normalized spacial score (nSPS) is 18.9. The zero-order valence-electron chi connectivity index (χ0n) is 10.4. The minimum Gasteiger partial charge on any atom is -0.335 e. The van der Waals surface area contributed by atoms with Crippen molar-refractivity contribution in [2.45, 2.75) is 37.8 Å². The van der Waals surface area contributed by atoms with Crippen LogP contribution < -0.4 is 10.6 Å². The molecule has 1 aromatic rings. The Balaban J connectivity index is 1.51. The first kappa shape index (κ1) is 11.3. The van der Waals surface area contributed by atoms with Crippen molar-refractivity contribution in [2.24, 2.45) is 0 Å².